The summed E-state index contributed by atoms with van der Waals surface area (Å²) in [5.41, 5.74) is 0. The Hall–Kier alpha value is -1.01. The SMILES string of the molecule is CCNC(CSc1cnn(C)c1)C(=O)OCC. The molecule has 1 atom stereocenters. The molecule has 0 saturated carbocycles. The van der Waals surface area contributed by atoms with Crippen molar-refractivity contribution in [3.63, 3.8) is 0 Å². The van der Waals surface area contributed by atoms with Crippen LogP contribution in [-0.2, 0) is 16.6 Å². The Morgan fingerprint density at radius 3 is 2.94 bits per heavy atom. The predicted molar refractivity (Wildman–Crippen MR) is 68.0 cm³/mol. The van der Waals surface area contributed by atoms with Crippen LogP contribution < -0.4 is 5.32 Å². The molecule has 1 aromatic rings. The summed E-state index contributed by atoms with van der Waals surface area (Å²) in [5, 5.41) is 7.20. The van der Waals surface area contributed by atoms with Crippen LogP contribution >= 0.6 is 11.8 Å². The molecule has 0 aliphatic carbocycles. The lowest BCUT2D eigenvalue weighted by Crippen LogP contribution is -2.40. The minimum atomic E-state index is -0.259. The minimum Gasteiger partial charge on any atom is -0.465 e. The fourth-order valence-corrected chi connectivity index (χ4v) is 2.31. The molecule has 0 amide bonds. The molecule has 1 unspecified atom stereocenters. The lowest BCUT2D eigenvalue weighted by Gasteiger charge is -2.15. The van der Waals surface area contributed by atoms with E-state index in [0.29, 0.717) is 12.4 Å². The largest absolute Gasteiger partial charge is 0.465 e. The monoisotopic (exact) mass is 257 g/mol. The molecular weight excluding hydrogens is 238 g/mol. The molecule has 0 saturated heterocycles. The van der Waals surface area contributed by atoms with Crippen LogP contribution in [0.2, 0.25) is 0 Å². The van der Waals surface area contributed by atoms with E-state index in [0.717, 1.165) is 11.4 Å². The number of rotatable bonds is 7. The fraction of sp³-hybridized carbons (Fsp3) is 0.636. The molecule has 1 N–H and O–H groups in total. The number of aromatic nitrogens is 2. The standard InChI is InChI=1S/C11H19N3O2S/c1-4-12-10(11(15)16-5-2)8-17-9-6-13-14(3)7-9/h6-7,10,12H,4-5,8H2,1-3H3. The molecule has 1 heterocycles. The van der Waals surface area contributed by atoms with E-state index in [1.54, 1.807) is 22.6 Å². The summed E-state index contributed by atoms with van der Waals surface area (Å²) < 4.78 is 6.76. The molecular formula is C11H19N3O2S. The van der Waals surface area contributed by atoms with Crippen molar-refractivity contribution in [2.24, 2.45) is 7.05 Å². The molecule has 6 heteroatoms. The third kappa shape index (κ3) is 4.79. The number of likely N-dealkylation sites (N-methyl/N-ethyl adjacent to an activating group) is 1. The summed E-state index contributed by atoms with van der Waals surface area (Å²) in [6.07, 6.45) is 3.72. The zero-order valence-corrected chi connectivity index (χ0v) is 11.3. The van der Waals surface area contributed by atoms with Gasteiger partial charge in [-0.1, -0.05) is 6.92 Å². The third-order valence-electron chi connectivity index (χ3n) is 2.12. The average molecular weight is 257 g/mol. The fourth-order valence-electron chi connectivity index (χ4n) is 1.35. The highest BCUT2D eigenvalue weighted by Gasteiger charge is 2.18. The van der Waals surface area contributed by atoms with E-state index in [-0.39, 0.29) is 12.0 Å². The maximum absolute atomic E-state index is 11.6. The van der Waals surface area contributed by atoms with Crippen molar-refractivity contribution < 1.29 is 9.53 Å². The molecule has 96 valence electrons. The Bertz CT molecular complexity index is 354. The molecule has 0 aliphatic rings. The van der Waals surface area contributed by atoms with Crippen LogP contribution in [0.3, 0.4) is 0 Å². The number of carbonyl (C=O) groups is 1. The van der Waals surface area contributed by atoms with Crippen LogP contribution in [0.25, 0.3) is 0 Å². The highest BCUT2D eigenvalue weighted by Crippen LogP contribution is 2.17. The Morgan fingerprint density at radius 2 is 2.41 bits per heavy atom. The second-order valence-electron chi connectivity index (χ2n) is 3.52. The van der Waals surface area contributed by atoms with Crippen molar-refractivity contribution in [2.75, 3.05) is 18.9 Å². The van der Waals surface area contributed by atoms with Crippen LogP contribution in [0.4, 0.5) is 0 Å². The van der Waals surface area contributed by atoms with Gasteiger partial charge in [-0.2, -0.15) is 5.10 Å². The number of ether oxygens (including phenoxy) is 1. The van der Waals surface area contributed by atoms with Crippen molar-refractivity contribution in [1.29, 1.82) is 0 Å². The van der Waals surface area contributed by atoms with Gasteiger partial charge in [-0.3, -0.25) is 9.48 Å². The van der Waals surface area contributed by atoms with Crippen LogP contribution in [-0.4, -0.2) is 40.7 Å². The van der Waals surface area contributed by atoms with Gasteiger partial charge in [0.15, 0.2) is 0 Å². The quantitative estimate of drug-likeness (QED) is 0.584. The summed E-state index contributed by atoms with van der Waals surface area (Å²) in [6, 6.07) is -0.259. The van der Waals surface area contributed by atoms with Gasteiger partial charge in [-0.25, -0.2) is 0 Å². The summed E-state index contributed by atoms with van der Waals surface area (Å²) >= 11 is 1.60. The van der Waals surface area contributed by atoms with Gasteiger partial charge < -0.3 is 10.1 Å². The van der Waals surface area contributed by atoms with Gasteiger partial charge in [0.1, 0.15) is 6.04 Å². The summed E-state index contributed by atoms with van der Waals surface area (Å²) in [5.74, 6) is 0.462. The lowest BCUT2D eigenvalue weighted by molar-refractivity contribution is -0.144. The number of thioether (sulfide) groups is 1. The molecule has 1 rings (SSSR count). The first-order valence-electron chi connectivity index (χ1n) is 5.68. The lowest BCUT2D eigenvalue weighted by atomic mass is 10.3. The minimum absolute atomic E-state index is 0.189. The van der Waals surface area contributed by atoms with Crippen LogP contribution in [0.5, 0.6) is 0 Å². The highest BCUT2D eigenvalue weighted by molar-refractivity contribution is 7.99. The molecule has 0 fully saturated rings. The van der Waals surface area contributed by atoms with Gasteiger partial charge in [0.05, 0.1) is 12.8 Å². The van der Waals surface area contributed by atoms with E-state index in [1.165, 1.54) is 0 Å². The van der Waals surface area contributed by atoms with Gasteiger partial charge >= 0.3 is 5.97 Å². The third-order valence-corrected chi connectivity index (χ3v) is 3.16. The van der Waals surface area contributed by atoms with Gasteiger partial charge in [0.25, 0.3) is 0 Å². The van der Waals surface area contributed by atoms with Crippen LogP contribution in [0.1, 0.15) is 13.8 Å². The molecule has 0 radical (unpaired) electrons. The smallest absolute Gasteiger partial charge is 0.323 e. The summed E-state index contributed by atoms with van der Waals surface area (Å²) in [6.45, 7) is 4.95. The van der Waals surface area contributed by atoms with Crippen LogP contribution in [0.15, 0.2) is 17.3 Å². The number of nitrogens with zero attached hydrogens (tertiary/aromatic N) is 2. The number of aryl methyl sites for hydroxylation is 1. The normalized spacial score (nSPS) is 12.4. The van der Waals surface area contributed by atoms with E-state index in [2.05, 4.69) is 10.4 Å². The van der Waals surface area contributed by atoms with Crippen molar-refractivity contribution in [2.45, 2.75) is 24.8 Å². The van der Waals surface area contributed by atoms with Gasteiger partial charge in [-0.15, -0.1) is 11.8 Å². The number of hydrogen-bond acceptors (Lipinski definition) is 5. The summed E-state index contributed by atoms with van der Waals surface area (Å²) in [7, 11) is 1.87. The number of hydrogen-bond donors (Lipinski definition) is 1. The van der Waals surface area contributed by atoms with E-state index in [4.69, 9.17) is 4.74 Å². The van der Waals surface area contributed by atoms with Crippen molar-refractivity contribution in [1.82, 2.24) is 15.1 Å². The number of nitrogens with one attached hydrogen (secondary N) is 1. The summed E-state index contributed by atoms with van der Waals surface area (Å²) in [4.78, 5) is 12.7. The second kappa shape index (κ2) is 7.34. The second-order valence-corrected chi connectivity index (χ2v) is 4.62. The van der Waals surface area contributed by atoms with Crippen LogP contribution in [0, 0.1) is 0 Å². The van der Waals surface area contributed by atoms with Gasteiger partial charge in [-0.05, 0) is 13.5 Å². The Labute approximate surface area is 106 Å². The zero-order chi connectivity index (χ0) is 12.7. The van der Waals surface area contributed by atoms with E-state index in [1.807, 2.05) is 27.1 Å². The van der Waals surface area contributed by atoms with E-state index < -0.39 is 0 Å². The Morgan fingerprint density at radius 1 is 1.65 bits per heavy atom. The Kier molecular flexibility index (Phi) is 6.07. The molecule has 0 aromatic carbocycles. The predicted octanol–water partition coefficient (Wildman–Crippen LogP) is 1.05. The van der Waals surface area contributed by atoms with E-state index in [9.17, 15) is 4.79 Å². The number of esters is 1. The molecule has 0 aliphatic heterocycles. The van der Waals surface area contributed by atoms with Crippen molar-refractivity contribution >= 4 is 17.7 Å². The first-order chi connectivity index (χ1) is 8.17. The average Bonchev–Trinajstić information content (AvgIpc) is 2.70. The molecule has 1 aromatic heterocycles. The van der Waals surface area contributed by atoms with E-state index >= 15 is 0 Å². The van der Waals surface area contributed by atoms with Crippen molar-refractivity contribution in [3.05, 3.63) is 12.4 Å². The molecule has 17 heavy (non-hydrogen) atoms. The Balaban J connectivity index is 2.46. The van der Waals surface area contributed by atoms with Gasteiger partial charge in [0, 0.05) is 23.9 Å². The first kappa shape index (κ1) is 14.1. The molecule has 5 nitrogen and oxygen atoms in total. The topological polar surface area (TPSA) is 56.2 Å². The maximum Gasteiger partial charge on any atom is 0.323 e. The maximum atomic E-state index is 11.6. The number of carbonyl (C=O) groups excluding carboxylic acids is 1. The highest BCUT2D eigenvalue weighted by atomic mass is 32.2. The first-order valence-corrected chi connectivity index (χ1v) is 6.67. The molecule has 0 spiro atoms. The van der Waals surface area contributed by atoms with Crippen molar-refractivity contribution in [3.8, 4) is 0 Å². The molecule has 0 bridgehead atoms. The van der Waals surface area contributed by atoms with Gasteiger partial charge in [0.2, 0.25) is 0 Å². The zero-order valence-electron chi connectivity index (χ0n) is 10.5.